The highest BCUT2D eigenvalue weighted by Gasteiger charge is 2.42. The standard InChI is InChI=1S/C10H14N5O7P/c11-8-12-9-14(1-2-15(9)10(17)13-8)7-3-5(16)6(22-7)4-21-23(18,19)20/h1-2,5-7,16H,3-4H2,(H4,11,13,17,18,19,20)/p+2/t5-,6+,7+/m0/s1. The zero-order valence-corrected chi connectivity index (χ0v) is 12.6. The predicted molar refractivity (Wildman–Crippen MR) is 71.7 cm³/mol. The molecule has 7 N–H and O–H groups in total. The van der Waals surface area contributed by atoms with Gasteiger partial charge in [-0.1, -0.05) is 4.40 Å². The smallest absolute Gasteiger partial charge is 0.390 e. The molecular weight excluding hydrogens is 333 g/mol. The molecule has 3 atom stereocenters. The number of fused-ring (bicyclic) bond motifs is 1. The Morgan fingerprint density at radius 2 is 2.35 bits per heavy atom. The van der Waals surface area contributed by atoms with Crippen molar-refractivity contribution < 1.29 is 38.3 Å². The second kappa shape index (κ2) is 5.67. The average molecular weight is 349 g/mol. The number of H-pyrrole nitrogens is 2. The molecule has 2 aromatic heterocycles. The van der Waals surface area contributed by atoms with E-state index >= 15 is 0 Å². The van der Waals surface area contributed by atoms with E-state index in [-0.39, 0.29) is 12.4 Å². The van der Waals surface area contributed by atoms with Gasteiger partial charge < -0.3 is 25.4 Å². The average Bonchev–Trinajstić information content (AvgIpc) is 2.99. The van der Waals surface area contributed by atoms with E-state index in [1.54, 1.807) is 10.8 Å². The zero-order valence-electron chi connectivity index (χ0n) is 11.7. The molecule has 12 nitrogen and oxygen atoms in total. The number of nitrogens with one attached hydrogen (secondary N) is 2. The molecule has 126 valence electrons. The number of phosphoric ester groups is 1. The number of aromatic amines is 2. The molecule has 0 aromatic carbocycles. The number of nitrogens with two attached hydrogens (primary N) is 1. The monoisotopic (exact) mass is 349 g/mol. The third-order valence-corrected chi connectivity index (χ3v) is 3.96. The molecule has 0 saturated carbocycles. The van der Waals surface area contributed by atoms with Crippen LogP contribution in [0.2, 0.25) is 0 Å². The van der Waals surface area contributed by atoms with Crippen molar-refractivity contribution in [1.82, 2.24) is 9.38 Å². The summed E-state index contributed by atoms with van der Waals surface area (Å²) in [5.41, 5.74) is 5.12. The lowest BCUT2D eigenvalue weighted by Gasteiger charge is -2.13. The highest BCUT2D eigenvalue weighted by molar-refractivity contribution is 7.46. The van der Waals surface area contributed by atoms with Gasteiger partial charge in [-0.2, -0.15) is 0 Å². The number of phosphoric acid groups is 1. The topological polar surface area (TPSA) is 178 Å². The van der Waals surface area contributed by atoms with E-state index in [2.05, 4.69) is 14.5 Å². The Morgan fingerprint density at radius 1 is 1.61 bits per heavy atom. The molecule has 0 bridgehead atoms. The minimum Gasteiger partial charge on any atom is -0.390 e. The van der Waals surface area contributed by atoms with Crippen LogP contribution >= 0.6 is 7.82 Å². The molecule has 0 aliphatic carbocycles. The molecule has 1 aliphatic rings. The van der Waals surface area contributed by atoms with Crippen molar-refractivity contribution in [3.63, 3.8) is 0 Å². The lowest BCUT2D eigenvalue weighted by atomic mass is 10.2. The maximum absolute atomic E-state index is 11.8. The largest absolute Gasteiger partial charge is 0.545 e. The summed E-state index contributed by atoms with van der Waals surface area (Å²) in [7, 11) is -4.65. The van der Waals surface area contributed by atoms with Gasteiger partial charge in [-0.3, -0.25) is 4.52 Å². The first-order chi connectivity index (χ1) is 10.7. The number of hydrogen-bond donors (Lipinski definition) is 5. The van der Waals surface area contributed by atoms with Crippen LogP contribution in [0.15, 0.2) is 17.2 Å². The summed E-state index contributed by atoms with van der Waals surface area (Å²) in [6.07, 6.45) is 0.657. The van der Waals surface area contributed by atoms with E-state index in [0.717, 1.165) is 0 Å². The first kappa shape index (κ1) is 16.1. The van der Waals surface area contributed by atoms with E-state index in [9.17, 15) is 14.5 Å². The number of hydrogen-bond acceptors (Lipinski definition) is 6. The quantitative estimate of drug-likeness (QED) is 0.287. The zero-order chi connectivity index (χ0) is 16.8. The first-order valence-electron chi connectivity index (χ1n) is 6.61. The Bertz CT molecular complexity index is 829. The number of aliphatic hydroxyl groups is 1. The van der Waals surface area contributed by atoms with Gasteiger partial charge in [0.2, 0.25) is 6.23 Å². The van der Waals surface area contributed by atoms with E-state index in [1.807, 2.05) is 0 Å². The molecule has 3 rings (SSSR count). The van der Waals surface area contributed by atoms with Crippen molar-refractivity contribution in [2.75, 3.05) is 12.3 Å². The lowest BCUT2D eigenvalue weighted by molar-refractivity contribution is -0.762. The third kappa shape index (κ3) is 3.27. The second-order valence-electron chi connectivity index (χ2n) is 5.09. The van der Waals surface area contributed by atoms with Crippen LogP contribution in [0.25, 0.3) is 5.78 Å². The summed E-state index contributed by atoms with van der Waals surface area (Å²) in [6.45, 7) is -0.458. The van der Waals surface area contributed by atoms with Crippen molar-refractivity contribution in [2.45, 2.75) is 24.9 Å². The number of imidazole rings is 1. The van der Waals surface area contributed by atoms with E-state index in [4.69, 9.17) is 20.3 Å². The molecule has 1 saturated heterocycles. The predicted octanol–water partition coefficient (Wildman–Crippen LogP) is -2.93. The number of nitrogen functional groups attached to an aromatic ring is 1. The van der Waals surface area contributed by atoms with Crippen molar-refractivity contribution in [1.29, 1.82) is 0 Å². The van der Waals surface area contributed by atoms with Crippen LogP contribution in [-0.2, 0) is 13.8 Å². The molecule has 2 aromatic rings. The molecule has 0 spiro atoms. The van der Waals surface area contributed by atoms with Crippen LogP contribution in [0.1, 0.15) is 12.6 Å². The summed E-state index contributed by atoms with van der Waals surface area (Å²) >= 11 is 0. The molecule has 13 heteroatoms. The Labute approximate surface area is 128 Å². The minimum absolute atomic E-state index is 0.0508. The maximum atomic E-state index is 11.8. The Morgan fingerprint density at radius 3 is 3.04 bits per heavy atom. The fourth-order valence-electron chi connectivity index (χ4n) is 2.46. The summed E-state index contributed by atoms with van der Waals surface area (Å²) in [5.74, 6) is 0.384. The molecule has 0 radical (unpaired) electrons. The van der Waals surface area contributed by atoms with Gasteiger partial charge >= 0.3 is 25.2 Å². The van der Waals surface area contributed by atoms with Gasteiger partial charge in [0.15, 0.2) is 12.4 Å². The molecule has 1 aliphatic heterocycles. The third-order valence-electron chi connectivity index (χ3n) is 3.48. The van der Waals surface area contributed by atoms with Crippen LogP contribution in [0.4, 0.5) is 5.95 Å². The van der Waals surface area contributed by atoms with E-state index in [0.29, 0.717) is 5.78 Å². The number of nitrogens with zero attached hydrogens (tertiary/aromatic N) is 2. The number of anilines is 1. The van der Waals surface area contributed by atoms with Crippen LogP contribution in [0, 0.1) is 0 Å². The van der Waals surface area contributed by atoms with Gasteiger partial charge in [0.05, 0.1) is 19.1 Å². The van der Waals surface area contributed by atoms with Gasteiger partial charge in [-0.25, -0.2) is 14.3 Å². The van der Waals surface area contributed by atoms with Crippen LogP contribution in [0.5, 0.6) is 0 Å². The number of aliphatic hydroxyl groups excluding tert-OH is 1. The van der Waals surface area contributed by atoms with Gasteiger partial charge in [0.1, 0.15) is 6.10 Å². The number of aromatic nitrogens is 4. The SMILES string of the molecule is Nc1[nH]c(=O)n2cc[n+]([C@H]3C[C@H](O)[C@@H](COP(=O)(O)O)O3)c2[nH+]1. The van der Waals surface area contributed by atoms with E-state index in [1.165, 1.54) is 10.6 Å². The Hall–Kier alpha value is -1.82. The highest BCUT2D eigenvalue weighted by atomic mass is 31.2. The first-order valence-corrected chi connectivity index (χ1v) is 8.14. The molecule has 0 unspecified atom stereocenters. The van der Waals surface area contributed by atoms with Crippen molar-refractivity contribution in [2.24, 2.45) is 0 Å². The lowest BCUT2D eigenvalue weighted by Crippen LogP contribution is -2.44. The van der Waals surface area contributed by atoms with Crippen LogP contribution in [-0.4, -0.2) is 43.1 Å². The Kier molecular flexibility index (Phi) is 3.96. The van der Waals surface area contributed by atoms with Crippen LogP contribution in [0.3, 0.4) is 0 Å². The normalized spacial score (nSPS) is 25.3. The summed E-state index contributed by atoms with van der Waals surface area (Å²) in [5, 5.41) is 9.96. The van der Waals surface area contributed by atoms with Gasteiger partial charge in [-0.05, 0) is 0 Å². The molecule has 1 fully saturated rings. The van der Waals surface area contributed by atoms with Crippen molar-refractivity contribution in [3.05, 3.63) is 22.9 Å². The van der Waals surface area contributed by atoms with Gasteiger partial charge in [0, 0.05) is 0 Å². The number of ether oxygens (including phenoxy) is 1. The maximum Gasteiger partial charge on any atom is 0.545 e. The molecule has 0 amide bonds. The fraction of sp³-hybridized carbons (Fsp3) is 0.500. The van der Waals surface area contributed by atoms with Crippen molar-refractivity contribution >= 4 is 19.5 Å². The molecule has 3 heterocycles. The van der Waals surface area contributed by atoms with E-state index < -0.39 is 38.6 Å². The minimum atomic E-state index is -4.65. The Balaban J connectivity index is 1.84. The molecule has 23 heavy (non-hydrogen) atoms. The second-order valence-corrected chi connectivity index (χ2v) is 6.33. The number of rotatable bonds is 4. The molecular formula is C10H16N5O7P+2. The summed E-state index contributed by atoms with van der Waals surface area (Å²) in [6, 6.07) is 0. The van der Waals surface area contributed by atoms with Crippen LogP contribution < -0.4 is 21.0 Å². The fourth-order valence-corrected chi connectivity index (χ4v) is 2.80. The highest BCUT2D eigenvalue weighted by Crippen LogP contribution is 2.37. The summed E-state index contributed by atoms with van der Waals surface area (Å²) in [4.78, 5) is 34.3. The van der Waals surface area contributed by atoms with Gasteiger partial charge in [-0.15, -0.1) is 9.55 Å². The summed E-state index contributed by atoms with van der Waals surface area (Å²) < 4.78 is 23.5. The van der Waals surface area contributed by atoms with Crippen molar-refractivity contribution in [3.8, 4) is 0 Å². The van der Waals surface area contributed by atoms with Gasteiger partial charge in [0.25, 0.3) is 0 Å².